The normalized spacial score (nSPS) is 15.1. The van der Waals surface area contributed by atoms with Gasteiger partial charge in [0.15, 0.2) is 11.5 Å². The molecule has 1 atom stereocenters. The van der Waals surface area contributed by atoms with Crippen molar-refractivity contribution in [3.8, 4) is 11.5 Å². The summed E-state index contributed by atoms with van der Waals surface area (Å²) in [6.45, 7) is 1.25. The Morgan fingerprint density at radius 2 is 2.03 bits per heavy atom. The van der Waals surface area contributed by atoms with Crippen LogP contribution < -0.4 is 20.5 Å². The van der Waals surface area contributed by atoms with Crippen LogP contribution in [0.4, 0.5) is 4.39 Å². The third-order valence-corrected chi connectivity index (χ3v) is 5.40. The fraction of sp³-hybridized carbons (Fsp3) is 0.348. The number of nitrogens with one attached hydrogen (secondary N) is 1. The van der Waals surface area contributed by atoms with Gasteiger partial charge < -0.3 is 14.8 Å². The molecule has 1 aliphatic rings. The Hall–Kier alpha value is -3.62. The standard InChI is InChI=1S/C23H25FN4O4/c1-31-19-9-2-3-10-20(19)32-13-11-25-22(29)18-8-5-12-27-21(18)26-28(23(27)30)15-16-6-4-7-17(24)14-16/h2-4,6-7,9-10,14,18H,5,8,11-13,15H2,1H3,(H,25,29). The van der Waals surface area contributed by atoms with Gasteiger partial charge in [-0.15, -0.1) is 0 Å². The molecule has 0 spiro atoms. The van der Waals surface area contributed by atoms with Crippen LogP contribution in [0, 0.1) is 5.82 Å². The predicted octanol–water partition coefficient (Wildman–Crippen LogP) is 2.31. The highest BCUT2D eigenvalue weighted by Gasteiger charge is 2.31. The topological polar surface area (TPSA) is 87.4 Å². The fourth-order valence-corrected chi connectivity index (χ4v) is 3.86. The molecule has 1 N–H and O–H groups in total. The minimum Gasteiger partial charge on any atom is -0.493 e. The number of hydrogen-bond donors (Lipinski definition) is 1. The average molecular weight is 440 g/mol. The third kappa shape index (κ3) is 4.66. The lowest BCUT2D eigenvalue weighted by Gasteiger charge is -2.21. The molecule has 2 heterocycles. The summed E-state index contributed by atoms with van der Waals surface area (Å²) in [5.41, 5.74) is 0.346. The molecule has 4 rings (SSSR count). The van der Waals surface area contributed by atoms with E-state index in [-0.39, 0.29) is 30.6 Å². The van der Waals surface area contributed by atoms with E-state index >= 15 is 0 Å². The Balaban J connectivity index is 1.40. The number of para-hydroxylation sites is 2. The largest absolute Gasteiger partial charge is 0.493 e. The van der Waals surface area contributed by atoms with Crippen LogP contribution in [-0.2, 0) is 17.9 Å². The molecular formula is C23H25FN4O4. The van der Waals surface area contributed by atoms with Crippen molar-refractivity contribution < 1.29 is 18.7 Å². The number of carbonyl (C=O) groups is 1. The molecular weight excluding hydrogens is 415 g/mol. The van der Waals surface area contributed by atoms with E-state index in [4.69, 9.17) is 9.47 Å². The first-order valence-electron chi connectivity index (χ1n) is 10.5. The van der Waals surface area contributed by atoms with Crippen LogP contribution >= 0.6 is 0 Å². The molecule has 1 unspecified atom stereocenters. The summed E-state index contributed by atoms with van der Waals surface area (Å²) >= 11 is 0. The summed E-state index contributed by atoms with van der Waals surface area (Å²) in [7, 11) is 1.57. The molecule has 1 aromatic heterocycles. The summed E-state index contributed by atoms with van der Waals surface area (Å²) in [4.78, 5) is 25.6. The maximum Gasteiger partial charge on any atom is 0.346 e. The minimum absolute atomic E-state index is 0.150. The molecule has 0 aliphatic carbocycles. The Morgan fingerprint density at radius 3 is 2.81 bits per heavy atom. The van der Waals surface area contributed by atoms with Crippen molar-refractivity contribution in [3.63, 3.8) is 0 Å². The second-order valence-electron chi connectivity index (χ2n) is 7.57. The summed E-state index contributed by atoms with van der Waals surface area (Å²) in [5.74, 6) is 0.590. The molecule has 0 saturated heterocycles. The number of rotatable bonds is 8. The number of fused-ring (bicyclic) bond motifs is 1. The van der Waals surface area contributed by atoms with Crippen LogP contribution in [0.5, 0.6) is 11.5 Å². The summed E-state index contributed by atoms with van der Waals surface area (Å²) in [6, 6.07) is 13.3. The summed E-state index contributed by atoms with van der Waals surface area (Å²) < 4.78 is 27.2. The van der Waals surface area contributed by atoms with Gasteiger partial charge in [0.1, 0.15) is 18.2 Å². The number of amides is 1. The quantitative estimate of drug-likeness (QED) is 0.543. The van der Waals surface area contributed by atoms with Gasteiger partial charge in [0.05, 0.1) is 26.1 Å². The number of ether oxygens (including phenoxy) is 2. The average Bonchev–Trinajstić information content (AvgIpc) is 3.12. The van der Waals surface area contributed by atoms with Gasteiger partial charge in [0.2, 0.25) is 5.91 Å². The Bertz CT molecular complexity index is 1160. The van der Waals surface area contributed by atoms with Crippen molar-refractivity contribution in [2.24, 2.45) is 0 Å². The van der Waals surface area contributed by atoms with E-state index in [0.29, 0.717) is 48.8 Å². The Labute approximate surface area is 184 Å². The van der Waals surface area contributed by atoms with E-state index in [2.05, 4.69) is 10.4 Å². The third-order valence-electron chi connectivity index (χ3n) is 5.40. The molecule has 0 fully saturated rings. The molecule has 0 radical (unpaired) electrons. The minimum atomic E-state index is -0.517. The highest BCUT2D eigenvalue weighted by Crippen LogP contribution is 2.26. The van der Waals surface area contributed by atoms with Crippen molar-refractivity contribution in [1.82, 2.24) is 19.7 Å². The van der Waals surface area contributed by atoms with Crippen LogP contribution in [0.25, 0.3) is 0 Å². The number of aromatic nitrogens is 3. The second-order valence-corrected chi connectivity index (χ2v) is 7.57. The molecule has 2 aromatic carbocycles. The van der Waals surface area contributed by atoms with Crippen molar-refractivity contribution in [2.75, 3.05) is 20.3 Å². The maximum atomic E-state index is 13.5. The van der Waals surface area contributed by atoms with Crippen molar-refractivity contribution in [3.05, 3.63) is 76.2 Å². The van der Waals surface area contributed by atoms with Crippen molar-refractivity contribution >= 4 is 5.91 Å². The van der Waals surface area contributed by atoms with Gasteiger partial charge in [0, 0.05) is 6.54 Å². The van der Waals surface area contributed by atoms with E-state index in [1.807, 2.05) is 12.1 Å². The SMILES string of the molecule is COc1ccccc1OCCNC(=O)C1CCCn2c1nn(Cc1cccc(F)c1)c2=O. The van der Waals surface area contributed by atoms with Gasteiger partial charge >= 0.3 is 5.69 Å². The maximum absolute atomic E-state index is 13.5. The first-order chi connectivity index (χ1) is 15.6. The molecule has 0 saturated carbocycles. The molecule has 0 bridgehead atoms. The van der Waals surface area contributed by atoms with E-state index < -0.39 is 5.92 Å². The highest BCUT2D eigenvalue weighted by molar-refractivity contribution is 5.82. The number of hydrogen-bond acceptors (Lipinski definition) is 5. The van der Waals surface area contributed by atoms with Crippen molar-refractivity contribution in [2.45, 2.75) is 31.8 Å². The Kier molecular flexibility index (Phi) is 6.53. The van der Waals surface area contributed by atoms with E-state index in [9.17, 15) is 14.0 Å². The molecule has 9 heteroatoms. The molecule has 32 heavy (non-hydrogen) atoms. The molecule has 1 aliphatic heterocycles. The monoisotopic (exact) mass is 440 g/mol. The van der Waals surface area contributed by atoms with Gasteiger partial charge in [0.25, 0.3) is 0 Å². The zero-order valence-corrected chi connectivity index (χ0v) is 17.8. The second kappa shape index (κ2) is 9.67. The number of methoxy groups -OCH3 is 1. The lowest BCUT2D eigenvalue weighted by Crippen LogP contribution is -2.36. The zero-order valence-electron chi connectivity index (χ0n) is 17.8. The number of carbonyl (C=O) groups excluding carboxylic acids is 1. The van der Waals surface area contributed by atoms with Crippen molar-refractivity contribution in [1.29, 1.82) is 0 Å². The van der Waals surface area contributed by atoms with Crippen LogP contribution in [-0.4, -0.2) is 40.5 Å². The lowest BCUT2D eigenvalue weighted by atomic mass is 9.98. The van der Waals surface area contributed by atoms with Crippen LogP contribution in [0.1, 0.15) is 30.1 Å². The van der Waals surface area contributed by atoms with Crippen LogP contribution in [0.3, 0.4) is 0 Å². The van der Waals surface area contributed by atoms with E-state index in [0.717, 1.165) is 0 Å². The number of benzene rings is 2. The fourth-order valence-electron chi connectivity index (χ4n) is 3.86. The van der Waals surface area contributed by atoms with E-state index in [1.165, 1.54) is 16.8 Å². The summed E-state index contributed by atoms with van der Waals surface area (Å²) in [6.07, 6.45) is 1.31. The zero-order chi connectivity index (χ0) is 22.5. The lowest BCUT2D eigenvalue weighted by molar-refractivity contribution is -0.123. The van der Waals surface area contributed by atoms with Gasteiger partial charge in [-0.2, -0.15) is 5.10 Å². The smallest absolute Gasteiger partial charge is 0.346 e. The van der Waals surface area contributed by atoms with Gasteiger partial charge in [-0.1, -0.05) is 24.3 Å². The Morgan fingerprint density at radius 1 is 1.22 bits per heavy atom. The van der Waals surface area contributed by atoms with Gasteiger partial charge in [-0.25, -0.2) is 13.9 Å². The first-order valence-corrected chi connectivity index (χ1v) is 10.5. The first kappa shape index (κ1) is 21.6. The number of halogens is 1. The van der Waals surface area contributed by atoms with Gasteiger partial charge in [-0.05, 0) is 42.7 Å². The number of nitrogens with zero attached hydrogens (tertiary/aromatic N) is 3. The highest BCUT2D eigenvalue weighted by atomic mass is 19.1. The predicted molar refractivity (Wildman–Crippen MR) is 115 cm³/mol. The van der Waals surface area contributed by atoms with E-state index in [1.54, 1.807) is 35.9 Å². The summed E-state index contributed by atoms with van der Waals surface area (Å²) in [5, 5.41) is 7.28. The van der Waals surface area contributed by atoms with Gasteiger partial charge in [-0.3, -0.25) is 9.36 Å². The molecule has 3 aromatic rings. The molecule has 1 amide bonds. The van der Waals surface area contributed by atoms with Crippen LogP contribution in [0.2, 0.25) is 0 Å². The van der Waals surface area contributed by atoms with Crippen LogP contribution in [0.15, 0.2) is 53.3 Å². The molecule has 168 valence electrons. The molecule has 8 nitrogen and oxygen atoms in total.